The topological polar surface area (TPSA) is 35.5 Å². The third kappa shape index (κ3) is 4.48. The summed E-state index contributed by atoms with van der Waals surface area (Å²) < 4.78 is 10.8. The van der Waals surface area contributed by atoms with Gasteiger partial charge in [0.25, 0.3) is 0 Å². The van der Waals surface area contributed by atoms with Gasteiger partial charge in [-0.05, 0) is 30.9 Å². The van der Waals surface area contributed by atoms with Crippen molar-refractivity contribution in [2.75, 3.05) is 13.7 Å². The molecule has 3 nitrogen and oxygen atoms in total. The number of hydrogen-bond acceptors (Lipinski definition) is 3. The highest BCUT2D eigenvalue weighted by Crippen LogP contribution is 2.39. The van der Waals surface area contributed by atoms with Gasteiger partial charge < -0.3 is 9.47 Å². The van der Waals surface area contributed by atoms with Gasteiger partial charge in [0.1, 0.15) is 5.75 Å². The van der Waals surface area contributed by atoms with Crippen molar-refractivity contribution < 1.29 is 14.3 Å². The predicted octanol–water partition coefficient (Wildman–Crippen LogP) is 4.41. The summed E-state index contributed by atoms with van der Waals surface area (Å²) in [5.74, 6) is 0.972. The van der Waals surface area contributed by atoms with Crippen LogP contribution in [0.3, 0.4) is 0 Å². The SMILES string of the molecule is CCCC(c1ccccc1OC)C(C(=O)OCC)C(C)C. The zero-order valence-corrected chi connectivity index (χ0v) is 13.9. The summed E-state index contributed by atoms with van der Waals surface area (Å²) in [5.41, 5.74) is 1.11. The average Bonchev–Trinajstić information content (AvgIpc) is 2.46. The molecule has 0 saturated heterocycles. The largest absolute Gasteiger partial charge is 0.496 e. The van der Waals surface area contributed by atoms with Gasteiger partial charge in [-0.25, -0.2) is 0 Å². The molecule has 0 saturated carbocycles. The highest BCUT2D eigenvalue weighted by molar-refractivity contribution is 5.74. The van der Waals surface area contributed by atoms with Gasteiger partial charge in [0.2, 0.25) is 0 Å². The van der Waals surface area contributed by atoms with Gasteiger partial charge in [0, 0.05) is 5.92 Å². The fourth-order valence-corrected chi connectivity index (χ4v) is 2.95. The van der Waals surface area contributed by atoms with E-state index in [1.165, 1.54) is 0 Å². The van der Waals surface area contributed by atoms with Crippen LogP contribution in [0.2, 0.25) is 0 Å². The smallest absolute Gasteiger partial charge is 0.309 e. The van der Waals surface area contributed by atoms with Crippen molar-refractivity contribution in [1.29, 1.82) is 0 Å². The number of ether oxygens (including phenoxy) is 2. The molecule has 118 valence electrons. The highest BCUT2D eigenvalue weighted by atomic mass is 16.5. The molecule has 0 aromatic heterocycles. The quantitative estimate of drug-likeness (QED) is 0.666. The molecule has 0 aliphatic carbocycles. The van der Waals surface area contributed by atoms with E-state index in [2.05, 4.69) is 26.8 Å². The first-order chi connectivity index (χ1) is 10.1. The van der Waals surface area contributed by atoms with Gasteiger partial charge in [-0.3, -0.25) is 4.79 Å². The van der Waals surface area contributed by atoms with Crippen LogP contribution in [-0.4, -0.2) is 19.7 Å². The summed E-state index contributed by atoms with van der Waals surface area (Å²) in [5, 5.41) is 0. The van der Waals surface area contributed by atoms with Gasteiger partial charge in [-0.1, -0.05) is 45.4 Å². The number of hydrogen-bond donors (Lipinski definition) is 0. The van der Waals surface area contributed by atoms with E-state index >= 15 is 0 Å². The number of carbonyl (C=O) groups excluding carboxylic acids is 1. The lowest BCUT2D eigenvalue weighted by molar-refractivity contribution is -0.150. The molecule has 1 rings (SSSR count). The lowest BCUT2D eigenvalue weighted by atomic mass is 9.76. The Morgan fingerprint density at radius 3 is 2.38 bits per heavy atom. The van der Waals surface area contributed by atoms with Gasteiger partial charge in [0.05, 0.1) is 19.6 Å². The Hall–Kier alpha value is -1.51. The predicted molar refractivity (Wildman–Crippen MR) is 85.6 cm³/mol. The highest BCUT2D eigenvalue weighted by Gasteiger charge is 2.34. The van der Waals surface area contributed by atoms with Crippen molar-refractivity contribution in [1.82, 2.24) is 0 Å². The zero-order chi connectivity index (χ0) is 15.8. The summed E-state index contributed by atoms with van der Waals surface area (Å²) in [7, 11) is 1.68. The number of carbonyl (C=O) groups is 1. The Morgan fingerprint density at radius 1 is 1.19 bits per heavy atom. The molecule has 3 heteroatoms. The molecule has 0 heterocycles. The first-order valence-corrected chi connectivity index (χ1v) is 7.86. The molecule has 2 unspecified atom stereocenters. The summed E-state index contributed by atoms with van der Waals surface area (Å²) >= 11 is 0. The number of methoxy groups -OCH3 is 1. The minimum atomic E-state index is -0.138. The Balaban J connectivity index is 3.20. The van der Waals surface area contributed by atoms with E-state index in [4.69, 9.17) is 9.47 Å². The number of para-hydroxylation sites is 1. The number of esters is 1. The fraction of sp³-hybridized carbons (Fsp3) is 0.611. The maximum Gasteiger partial charge on any atom is 0.309 e. The van der Waals surface area contributed by atoms with E-state index in [0.717, 1.165) is 24.2 Å². The Bertz CT molecular complexity index is 440. The first-order valence-electron chi connectivity index (χ1n) is 7.86. The molecule has 0 radical (unpaired) electrons. The maximum absolute atomic E-state index is 12.4. The van der Waals surface area contributed by atoms with E-state index in [-0.39, 0.29) is 23.7 Å². The fourth-order valence-electron chi connectivity index (χ4n) is 2.95. The third-order valence-corrected chi connectivity index (χ3v) is 3.85. The summed E-state index contributed by atoms with van der Waals surface area (Å²) in [4.78, 5) is 12.4. The van der Waals surface area contributed by atoms with E-state index < -0.39 is 0 Å². The molecule has 2 atom stereocenters. The summed E-state index contributed by atoms with van der Waals surface area (Å²) in [6.07, 6.45) is 1.97. The van der Waals surface area contributed by atoms with Crippen molar-refractivity contribution in [2.45, 2.75) is 46.5 Å². The van der Waals surface area contributed by atoms with Crippen LogP contribution >= 0.6 is 0 Å². The molecular weight excluding hydrogens is 264 g/mol. The second-order valence-corrected chi connectivity index (χ2v) is 5.66. The molecule has 1 aromatic carbocycles. The third-order valence-electron chi connectivity index (χ3n) is 3.85. The molecule has 0 N–H and O–H groups in total. The Kier molecular flexibility index (Phi) is 7.27. The molecular formula is C18H28O3. The van der Waals surface area contributed by atoms with E-state index in [1.54, 1.807) is 7.11 Å². The maximum atomic E-state index is 12.4. The van der Waals surface area contributed by atoms with Crippen molar-refractivity contribution in [3.8, 4) is 5.75 Å². The minimum Gasteiger partial charge on any atom is -0.496 e. The molecule has 0 aliphatic heterocycles. The van der Waals surface area contributed by atoms with Gasteiger partial charge in [-0.15, -0.1) is 0 Å². The Labute approximate surface area is 128 Å². The number of rotatable bonds is 8. The normalized spacial score (nSPS) is 13.8. The Morgan fingerprint density at radius 2 is 1.86 bits per heavy atom. The lowest BCUT2D eigenvalue weighted by Crippen LogP contribution is -2.29. The van der Waals surface area contributed by atoms with E-state index in [1.807, 2.05) is 25.1 Å². The van der Waals surface area contributed by atoms with Crippen LogP contribution in [0.4, 0.5) is 0 Å². The van der Waals surface area contributed by atoms with E-state index in [0.29, 0.717) is 6.61 Å². The van der Waals surface area contributed by atoms with Crippen LogP contribution < -0.4 is 4.74 Å². The van der Waals surface area contributed by atoms with Crippen LogP contribution in [0.25, 0.3) is 0 Å². The van der Waals surface area contributed by atoms with Crippen LogP contribution in [0.5, 0.6) is 5.75 Å². The molecule has 0 aliphatic rings. The zero-order valence-electron chi connectivity index (χ0n) is 13.9. The van der Waals surface area contributed by atoms with Crippen LogP contribution in [0.1, 0.15) is 52.0 Å². The van der Waals surface area contributed by atoms with Gasteiger partial charge in [0.15, 0.2) is 0 Å². The van der Waals surface area contributed by atoms with Crippen molar-refractivity contribution in [3.05, 3.63) is 29.8 Å². The average molecular weight is 292 g/mol. The standard InChI is InChI=1S/C18H28O3/c1-6-10-15(14-11-8-9-12-16(14)20-5)17(13(3)4)18(19)21-7-2/h8-9,11-13,15,17H,6-7,10H2,1-5H3. The van der Waals surface area contributed by atoms with Gasteiger partial charge >= 0.3 is 5.97 Å². The molecule has 0 spiro atoms. The van der Waals surface area contributed by atoms with Crippen LogP contribution in [0, 0.1) is 11.8 Å². The molecule has 0 amide bonds. The first kappa shape index (κ1) is 17.5. The van der Waals surface area contributed by atoms with Crippen molar-refractivity contribution in [2.24, 2.45) is 11.8 Å². The molecule has 0 bridgehead atoms. The van der Waals surface area contributed by atoms with Crippen molar-refractivity contribution >= 4 is 5.97 Å². The van der Waals surface area contributed by atoms with Crippen LogP contribution in [0.15, 0.2) is 24.3 Å². The second kappa shape index (κ2) is 8.71. The molecule has 1 aromatic rings. The minimum absolute atomic E-state index is 0.100. The lowest BCUT2D eigenvalue weighted by Gasteiger charge is -2.29. The van der Waals surface area contributed by atoms with Crippen molar-refractivity contribution in [3.63, 3.8) is 0 Å². The van der Waals surface area contributed by atoms with E-state index in [9.17, 15) is 4.79 Å². The summed E-state index contributed by atoms with van der Waals surface area (Å²) in [6, 6.07) is 7.98. The molecule has 0 fully saturated rings. The van der Waals surface area contributed by atoms with Gasteiger partial charge in [-0.2, -0.15) is 0 Å². The number of benzene rings is 1. The monoisotopic (exact) mass is 292 g/mol. The summed E-state index contributed by atoms with van der Waals surface area (Å²) in [6.45, 7) is 8.59. The molecule has 21 heavy (non-hydrogen) atoms. The second-order valence-electron chi connectivity index (χ2n) is 5.66. The van der Waals surface area contributed by atoms with Crippen LogP contribution in [-0.2, 0) is 9.53 Å².